The maximum absolute atomic E-state index is 10.7. The number of hydrogen-bond acceptors (Lipinski definition) is 2. The van der Waals surface area contributed by atoms with E-state index in [1.807, 2.05) is 0 Å². The first-order chi connectivity index (χ1) is 4.34. The lowest BCUT2D eigenvalue weighted by atomic mass is 10.6. The molecule has 0 spiro atoms. The van der Waals surface area contributed by atoms with E-state index in [4.69, 9.17) is 5.84 Å². The largest absolute Gasteiger partial charge is 0.286 e. The van der Waals surface area contributed by atoms with Gasteiger partial charge in [-0.2, -0.15) is 0 Å². The minimum Gasteiger partial charge on any atom is -0.286 e. The van der Waals surface area contributed by atoms with E-state index in [1.54, 1.807) is 17.6 Å². The van der Waals surface area contributed by atoms with Crippen molar-refractivity contribution >= 4 is 16.1 Å². The van der Waals surface area contributed by atoms with Crippen molar-refractivity contribution in [2.45, 2.75) is 0 Å². The van der Waals surface area contributed by atoms with Crippen molar-refractivity contribution in [3.63, 3.8) is 0 Å². The number of carbonyl (C=O) groups is 1. The maximum Gasteiger partial charge on any atom is 0.280 e. The number of nitrogens with two attached hydrogens (primary N) is 1. The zero-order valence-electron chi connectivity index (χ0n) is 4.66. The van der Waals surface area contributed by atoms with E-state index in [0.717, 1.165) is 0 Å². The summed E-state index contributed by atoms with van der Waals surface area (Å²) in [5.41, 5.74) is 2.06. The van der Waals surface area contributed by atoms with Crippen LogP contribution < -0.4 is 11.3 Å². The smallest absolute Gasteiger partial charge is 0.280 e. The fourth-order valence-electron chi connectivity index (χ4n) is 0.491. The molecule has 0 aliphatic carbocycles. The lowest BCUT2D eigenvalue weighted by Gasteiger charge is -2.04. The number of nitrogens with one attached hydrogen (secondary N) is 1. The normalized spacial score (nSPS) is 18.6. The third kappa shape index (κ3) is 1.34. The number of amides is 1. The van der Waals surface area contributed by atoms with Crippen LogP contribution in [0.25, 0.3) is 0 Å². The molecule has 1 aliphatic rings. The molecular weight excluding hydrogens is 136 g/mol. The standard InChI is InChI=1S/C5H7N2OS/c6-7-5(8)9-3-1-2-4-9/h1-3,9H,6H2,(H,7,8). The molecule has 1 aliphatic heterocycles. The van der Waals surface area contributed by atoms with Crippen molar-refractivity contribution in [3.8, 4) is 0 Å². The highest BCUT2D eigenvalue weighted by atomic mass is 32.2. The Morgan fingerprint density at radius 2 is 2.56 bits per heavy atom. The van der Waals surface area contributed by atoms with Crippen LogP contribution >= 0.6 is 10.9 Å². The molecule has 0 aromatic heterocycles. The van der Waals surface area contributed by atoms with Crippen molar-refractivity contribution < 1.29 is 4.79 Å². The Morgan fingerprint density at radius 3 is 3.00 bits per heavy atom. The zero-order valence-corrected chi connectivity index (χ0v) is 5.56. The Labute approximate surface area is 55.9 Å². The molecule has 0 saturated heterocycles. The van der Waals surface area contributed by atoms with Gasteiger partial charge in [0.15, 0.2) is 0 Å². The van der Waals surface area contributed by atoms with Crippen LogP contribution in [0.5, 0.6) is 0 Å². The van der Waals surface area contributed by atoms with E-state index in [2.05, 4.69) is 10.8 Å². The predicted molar refractivity (Wildman–Crippen MR) is 38.7 cm³/mol. The Hall–Kier alpha value is -0.740. The van der Waals surface area contributed by atoms with Crippen LogP contribution in [-0.4, -0.2) is 5.24 Å². The van der Waals surface area contributed by atoms with Gasteiger partial charge in [0.1, 0.15) is 0 Å². The van der Waals surface area contributed by atoms with Gasteiger partial charge in [0.2, 0.25) is 0 Å². The highest BCUT2D eigenvalue weighted by molar-refractivity contribution is 8.33. The summed E-state index contributed by atoms with van der Waals surface area (Å²) in [6.07, 6.45) is 3.52. The number of rotatable bonds is 0. The Morgan fingerprint density at radius 1 is 1.78 bits per heavy atom. The summed E-state index contributed by atoms with van der Waals surface area (Å²) in [5.74, 6) is 4.88. The molecule has 1 heterocycles. The summed E-state index contributed by atoms with van der Waals surface area (Å²) in [7, 11) is -0.868. The molecule has 3 N–H and O–H groups in total. The minimum atomic E-state index is -0.868. The summed E-state index contributed by atoms with van der Waals surface area (Å²) in [4.78, 5) is 10.7. The molecule has 4 heteroatoms. The van der Waals surface area contributed by atoms with Gasteiger partial charge in [-0.15, -0.1) is 10.9 Å². The summed E-state index contributed by atoms with van der Waals surface area (Å²) < 4.78 is 0. The first kappa shape index (κ1) is 6.38. The molecule has 0 aromatic rings. The fourth-order valence-corrected chi connectivity index (χ4v) is 1.47. The SMILES string of the molecule is NNC(=O)[SH]1[C]=CC=C1. The topological polar surface area (TPSA) is 55.1 Å². The lowest BCUT2D eigenvalue weighted by Crippen LogP contribution is -2.27. The number of hydrogen-bond donors (Lipinski definition) is 3. The van der Waals surface area contributed by atoms with Crippen LogP contribution in [0, 0.1) is 5.41 Å². The predicted octanol–water partition coefficient (Wildman–Crippen LogP) is 0.415. The van der Waals surface area contributed by atoms with Gasteiger partial charge in [0.25, 0.3) is 5.24 Å². The fraction of sp³-hybridized carbons (Fsp3) is 0. The van der Waals surface area contributed by atoms with Crippen molar-refractivity contribution in [3.05, 3.63) is 23.0 Å². The summed E-state index contributed by atoms with van der Waals surface area (Å²) >= 11 is 0. The first-order valence-electron chi connectivity index (χ1n) is 2.40. The van der Waals surface area contributed by atoms with Gasteiger partial charge in [-0.05, 0) is 11.5 Å². The van der Waals surface area contributed by atoms with Gasteiger partial charge in [0, 0.05) is 5.41 Å². The molecule has 0 bridgehead atoms. The number of carbonyl (C=O) groups excluding carboxylic acids is 1. The summed E-state index contributed by atoms with van der Waals surface area (Å²) in [5, 5.41) is 4.48. The quantitative estimate of drug-likeness (QED) is 0.199. The van der Waals surface area contributed by atoms with Gasteiger partial charge in [0.05, 0.1) is 0 Å². The van der Waals surface area contributed by atoms with Crippen LogP contribution in [0.1, 0.15) is 0 Å². The average Bonchev–Trinajstić information content (AvgIpc) is 2.37. The van der Waals surface area contributed by atoms with Crippen LogP contribution in [-0.2, 0) is 0 Å². The molecule has 0 aromatic carbocycles. The second-order valence-electron chi connectivity index (χ2n) is 1.46. The highest BCUT2D eigenvalue weighted by Gasteiger charge is 2.07. The van der Waals surface area contributed by atoms with Gasteiger partial charge >= 0.3 is 0 Å². The monoisotopic (exact) mass is 143 g/mol. The maximum atomic E-state index is 10.7. The van der Waals surface area contributed by atoms with Crippen molar-refractivity contribution in [1.82, 2.24) is 5.43 Å². The third-order valence-corrected chi connectivity index (χ3v) is 2.35. The van der Waals surface area contributed by atoms with Gasteiger partial charge in [-0.25, -0.2) is 5.84 Å². The lowest BCUT2D eigenvalue weighted by molar-refractivity contribution is 0.261. The zero-order chi connectivity index (χ0) is 6.69. The molecule has 1 radical (unpaired) electrons. The highest BCUT2D eigenvalue weighted by Crippen LogP contribution is 2.31. The molecule has 49 valence electrons. The average molecular weight is 143 g/mol. The van der Waals surface area contributed by atoms with E-state index in [0.29, 0.717) is 0 Å². The summed E-state index contributed by atoms with van der Waals surface area (Å²) in [6.45, 7) is 0. The minimum absolute atomic E-state index is 0.157. The van der Waals surface area contributed by atoms with Crippen molar-refractivity contribution in [2.75, 3.05) is 0 Å². The molecule has 1 unspecified atom stereocenters. The van der Waals surface area contributed by atoms with Crippen LogP contribution in [0.4, 0.5) is 4.79 Å². The Balaban J connectivity index is 2.53. The van der Waals surface area contributed by atoms with E-state index in [1.165, 1.54) is 0 Å². The van der Waals surface area contributed by atoms with Crippen LogP contribution in [0.15, 0.2) is 17.6 Å². The third-order valence-electron chi connectivity index (χ3n) is 0.887. The van der Waals surface area contributed by atoms with Crippen LogP contribution in [0.3, 0.4) is 0 Å². The summed E-state index contributed by atoms with van der Waals surface area (Å²) in [6, 6.07) is 0. The molecule has 1 amide bonds. The molecule has 3 nitrogen and oxygen atoms in total. The molecular formula is C5H7N2OS. The van der Waals surface area contributed by atoms with E-state index < -0.39 is 10.9 Å². The van der Waals surface area contributed by atoms with E-state index >= 15 is 0 Å². The number of allylic oxidation sites excluding steroid dienone is 2. The van der Waals surface area contributed by atoms with Crippen molar-refractivity contribution in [2.24, 2.45) is 5.84 Å². The van der Waals surface area contributed by atoms with E-state index in [9.17, 15) is 4.79 Å². The second-order valence-corrected chi connectivity index (χ2v) is 3.16. The van der Waals surface area contributed by atoms with Crippen molar-refractivity contribution in [1.29, 1.82) is 0 Å². The van der Waals surface area contributed by atoms with Gasteiger partial charge in [-0.1, -0.05) is 6.08 Å². The number of thiol groups is 1. The Kier molecular flexibility index (Phi) is 1.92. The molecule has 0 saturated carbocycles. The second kappa shape index (κ2) is 2.70. The van der Waals surface area contributed by atoms with Crippen LogP contribution in [0.2, 0.25) is 0 Å². The Bertz CT molecular complexity index is 164. The number of hydrazine groups is 1. The van der Waals surface area contributed by atoms with Gasteiger partial charge < -0.3 is 0 Å². The molecule has 1 rings (SSSR count). The van der Waals surface area contributed by atoms with Gasteiger partial charge in [-0.3, -0.25) is 10.2 Å². The molecule has 0 fully saturated rings. The van der Waals surface area contributed by atoms with E-state index in [-0.39, 0.29) is 5.24 Å². The molecule has 9 heavy (non-hydrogen) atoms. The first-order valence-corrected chi connectivity index (χ1v) is 3.81. The molecule has 1 atom stereocenters.